The summed E-state index contributed by atoms with van der Waals surface area (Å²) in [7, 11) is -3.20. The second kappa shape index (κ2) is 8.81. The van der Waals surface area contributed by atoms with Crippen LogP contribution in [-0.2, 0) is 27.8 Å². The Hall–Kier alpha value is -2.97. The van der Waals surface area contributed by atoms with Gasteiger partial charge in [-0.05, 0) is 24.1 Å². The van der Waals surface area contributed by atoms with Gasteiger partial charge in [0.05, 0.1) is 18.0 Å². The molecule has 0 atom stereocenters. The van der Waals surface area contributed by atoms with E-state index >= 15 is 0 Å². The van der Waals surface area contributed by atoms with E-state index in [0.29, 0.717) is 30.2 Å². The summed E-state index contributed by atoms with van der Waals surface area (Å²) < 4.78 is 35.4. The standard InChI is InChI=1S/C20H20N2O5S/c1-28(24,25)22-12-11-15-7-9-17(10-8-15)20(23)26-14-19-21-13-18(27-19)16-5-3-2-4-6-16/h2-10,13,22H,11-12,14H2,1H3. The number of hydrogen-bond donors (Lipinski definition) is 1. The number of ether oxygens (including phenoxy) is 1. The van der Waals surface area contributed by atoms with Gasteiger partial charge in [-0.2, -0.15) is 0 Å². The molecule has 0 fully saturated rings. The number of hydrogen-bond acceptors (Lipinski definition) is 6. The van der Waals surface area contributed by atoms with Crippen LogP contribution in [0.4, 0.5) is 0 Å². The minimum atomic E-state index is -3.20. The van der Waals surface area contributed by atoms with E-state index in [1.807, 2.05) is 30.3 Å². The van der Waals surface area contributed by atoms with Gasteiger partial charge in [-0.1, -0.05) is 42.5 Å². The van der Waals surface area contributed by atoms with E-state index in [4.69, 9.17) is 9.15 Å². The molecule has 0 amide bonds. The van der Waals surface area contributed by atoms with E-state index in [2.05, 4.69) is 9.71 Å². The Bertz CT molecular complexity index is 1030. The number of esters is 1. The van der Waals surface area contributed by atoms with Crippen LogP contribution in [0.1, 0.15) is 21.8 Å². The van der Waals surface area contributed by atoms with E-state index in [-0.39, 0.29) is 6.61 Å². The maximum absolute atomic E-state index is 12.2. The maximum Gasteiger partial charge on any atom is 0.338 e. The molecule has 0 saturated heterocycles. The van der Waals surface area contributed by atoms with Crippen LogP contribution in [-0.4, -0.2) is 32.2 Å². The average molecular weight is 400 g/mol. The lowest BCUT2D eigenvalue weighted by Gasteiger charge is -2.05. The molecule has 3 rings (SSSR count). The normalized spacial score (nSPS) is 11.3. The number of sulfonamides is 1. The lowest BCUT2D eigenvalue weighted by Crippen LogP contribution is -2.24. The van der Waals surface area contributed by atoms with Crippen molar-refractivity contribution in [2.75, 3.05) is 12.8 Å². The second-order valence-corrected chi connectivity index (χ2v) is 8.01. The van der Waals surface area contributed by atoms with Crippen molar-refractivity contribution in [3.05, 3.63) is 77.8 Å². The number of oxazole rings is 1. The molecular formula is C20H20N2O5S. The Morgan fingerprint density at radius 3 is 2.50 bits per heavy atom. The highest BCUT2D eigenvalue weighted by atomic mass is 32.2. The summed E-state index contributed by atoms with van der Waals surface area (Å²) >= 11 is 0. The topological polar surface area (TPSA) is 98.5 Å². The Labute approximate surface area is 163 Å². The van der Waals surface area contributed by atoms with Gasteiger partial charge in [0.25, 0.3) is 0 Å². The molecule has 0 radical (unpaired) electrons. The molecule has 0 spiro atoms. The molecule has 146 valence electrons. The number of aromatic nitrogens is 1. The highest BCUT2D eigenvalue weighted by molar-refractivity contribution is 7.88. The van der Waals surface area contributed by atoms with Crippen molar-refractivity contribution in [3.8, 4) is 11.3 Å². The Kier molecular flexibility index (Phi) is 6.23. The first-order chi connectivity index (χ1) is 13.4. The van der Waals surface area contributed by atoms with Crippen molar-refractivity contribution in [3.63, 3.8) is 0 Å². The quantitative estimate of drug-likeness (QED) is 0.584. The van der Waals surface area contributed by atoms with Crippen LogP contribution >= 0.6 is 0 Å². The molecule has 1 aromatic heterocycles. The minimum Gasteiger partial charge on any atom is -0.452 e. The van der Waals surface area contributed by atoms with Crippen molar-refractivity contribution < 1.29 is 22.4 Å². The molecule has 1 heterocycles. The summed E-state index contributed by atoms with van der Waals surface area (Å²) in [6.07, 6.45) is 3.24. The first kappa shape index (κ1) is 19.8. The van der Waals surface area contributed by atoms with Crippen LogP contribution < -0.4 is 4.72 Å². The van der Waals surface area contributed by atoms with Gasteiger partial charge in [0, 0.05) is 12.1 Å². The summed E-state index contributed by atoms with van der Waals surface area (Å²) in [6.45, 7) is 0.238. The molecule has 0 aliphatic heterocycles. The number of benzene rings is 2. The number of nitrogens with zero attached hydrogens (tertiary/aromatic N) is 1. The van der Waals surface area contributed by atoms with Crippen LogP contribution in [0.25, 0.3) is 11.3 Å². The van der Waals surface area contributed by atoms with Crippen molar-refractivity contribution >= 4 is 16.0 Å². The highest BCUT2D eigenvalue weighted by Crippen LogP contribution is 2.20. The third kappa shape index (κ3) is 5.77. The third-order valence-electron chi connectivity index (χ3n) is 3.91. The fraction of sp³-hybridized carbons (Fsp3) is 0.200. The van der Waals surface area contributed by atoms with E-state index in [9.17, 15) is 13.2 Å². The summed E-state index contributed by atoms with van der Waals surface area (Å²) in [6, 6.07) is 16.3. The molecule has 0 aliphatic rings. The predicted octanol–water partition coefficient (Wildman–Crippen LogP) is 2.79. The van der Waals surface area contributed by atoms with E-state index in [1.165, 1.54) is 0 Å². The molecule has 8 heteroatoms. The molecule has 7 nitrogen and oxygen atoms in total. The van der Waals surface area contributed by atoms with Crippen LogP contribution in [0.2, 0.25) is 0 Å². The van der Waals surface area contributed by atoms with E-state index in [0.717, 1.165) is 17.4 Å². The zero-order chi connectivity index (χ0) is 20.0. The molecule has 1 N–H and O–H groups in total. The van der Waals surface area contributed by atoms with Crippen molar-refractivity contribution in [2.45, 2.75) is 13.0 Å². The number of rotatable bonds is 8. The maximum atomic E-state index is 12.2. The Morgan fingerprint density at radius 1 is 1.11 bits per heavy atom. The fourth-order valence-electron chi connectivity index (χ4n) is 2.51. The molecule has 28 heavy (non-hydrogen) atoms. The molecule has 0 saturated carbocycles. The van der Waals surface area contributed by atoms with Gasteiger partial charge < -0.3 is 9.15 Å². The predicted molar refractivity (Wildman–Crippen MR) is 104 cm³/mol. The highest BCUT2D eigenvalue weighted by Gasteiger charge is 2.11. The van der Waals surface area contributed by atoms with E-state index < -0.39 is 16.0 Å². The molecular weight excluding hydrogens is 380 g/mol. The molecule has 0 unspecified atom stereocenters. The van der Waals surface area contributed by atoms with Crippen LogP contribution in [0.3, 0.4) is 0 Å². The lowest BCUT2D eigenvalue weighted by molar-refractivity contribution is 0.0439. The van der Waals surface area contributed by atoms with Gasteiger partial charge in [0.2, 0.25) is 15.9 Å². The first-order valence-electron chi connectivity index (χ1n) is 8.61. The zero-order valence-electron chi connectivity index (χ0n) is 15.3. The van der Waals surface area contributed by atoms with Crippen molar-refractivity contribution in [1.82, 2.24) is 9.71 Å². The fourth-order valence-corrected chi connectivity index (χ4v) is 2.98. The largest absolute Gasteiger partial charge is 0.452 e. The van der Waals surface area contributed by atoms with Gasteiger partial charge in [0.1, 0.15) is 0 Å². The van der Waals surface area contributed by atoms with Crippen molar-refractivity contribution in [2.24, 2.45) is 0 Å². The Morgan fingerprint density at radius 2 is 1.82 bits per heavy atom. The monoisotopic (exact) mass is 400 g/mol. The minimum absolute atomic E-state index is 0.0638. The van der Waals surface area contributed by atoms with Crippen LogP contribution in [0.5, 0.6) is 0 Å². The number of carbonyl (C=O) groups is 1. The summed E-state index contributed by atoms with van der Waals surface area (Å²) in [4.78, 5) is 16.3. The number of nitrogens with one attached hydrogen (secondary N) is 1. The van der Waals surface area contributed by atoms with Gasteiger partial charge in [0.15, 0.2) is 12.4 Å². The molecule has 3 aromatic rings. The summed E-state index contributed by atoms with van der Waals surface area (Å²) in [5.74, 6) is 0.439. The van der Waals surface area contributed by atoms with Crippen LogP contribution in [0, 0.1) is 0 Å². The van der Waals surface area contributed by atoms with E-state index in [1.54, 1.807) is 30.5 Å². The number of carbonyl (C=O) groups excluding carboxylic acids is 1. The first-order valence-corrected chi connectivity index (χ1v) is 10.5. The van der Waals surface area contributed by atoms with Gasteiger partial charge >= 0.3 is 5.97 Å². The summed E-state index contributed by atoms with van der Waals surface area (Å²) in [5, 5.41) is 0. The van der Waals surface area contributed by atoms with Gasteiger partial charge in [-0.3, -0.25) is 0 Å². The average Bonchev–Trinajstić information content (AvgIpc) is 3.15. The van der Waals surface area contributed by atoms with Crippen molar-refractivity contribution in [1.29, 1.82) is 0 Å². The van der Waals surface area contributed by atoms with Gasteiger partial charge in [-0.15, -0.1) is 0 Å². The van der Waals surface area contributed by atoms with Crippen LogP contribution in [0.15, 0.2) is 65.2 Å². The zero-order valence-corrected chi connectivity index (χ0v) is 16.1. The molecule has 0 bridgehead atoms. The van der Waals surface area contributed by atoms with Gasteiger partial charge in [-0.25, -0.2) is 22.9 Å². The lowest BCUT2D eigenvalue weighted by atomic mass is 10.1. The molecule has 0 aliphatic carbocycles. The third-order valence-corrected chi connectivity index (χ3v) is 4.63. The summed E-state index contributed by atoms with van der Waals surface area (Å²) in [5.41, 5.74) is 2.20. The smallest absolute Gasteiger partial charge is 0.338 e. The second-order valence-electron chi connectivity index (χ2n) is 6.17. The SMILES string of the molecule is CS(=O)(=O)NCCc1ccc(C(=O)OCc2ncc(-c3ccccc3)o2)cc1. The molecule has 2 aromatic carbocycles. The Balaban J connectivity index is 1.52.